The molecular formula is C24H22F3N5O2. The molecule has 0 saturated heterocycles. The first-order chi connectivity index (χ1) is 16.3. The highest BCUT2D eigenvalue weighted by Gasteiger charge is 2.32. The van der Waals surface area contributed by atoms with Gasteiger partial charge in [-0.25, -0.2) is 0 Å². The largest absolute Gasteiger partial charge is 0.577 e. The zero-order valence-electron chi connectivity index (χ0n) is 18.3. The van der Waals surface area contributed by atoms with Gasteiger partial charge in [-0.3, -0.25) is 4.79 Å². The summed E-state index contributed by atoms with van der Waals surface area (Å²) in [7, 11) is 0. The summed E-state index contributed by atoms with van der Waals surface area (Å²) in [6.07, 6.45) is -2.70. The number of aryl methyl sites for hydroxylation is 1. The average molecular weight is 469 g/mol. The molecule has 1 N–H and O–H groups in total. The monoisotopic (exact) mass is 469 g/mol. The number of rotatable bonds is 7. The van der Waals surface area contributed by atoms with Crippen LogP contribution < -0.4 is 10.8 Å². The molecule has 2 aromatic carbocycles. The highest BCUT2D eigenvalue weighted by molar-refractivity contribution is 6.04. The molecule has 3 aromatic rings. The molecule has 1 aromatic heterocycles. The zero-order valence-corrected chi connectivity index (χ0v) is 18.3. The van der Waals surface area contributed by atoms with Gasteiger partial charge in [0.15, 0.2) is 0 Å². The number of unbranched alkanes of at least 4 members (excludes halogenated alkanes) is 1. The minimum absolute atomic E-state index is 0.160. The van der Waals surface area contributed by atoms with Gasteiger partial charge in [0, 0.05) is 17.3 Å². The maximum Gasteiger partial charge on any atom is 0.416 e. The normalized spacial score (nSPS) is 15.6. The van der Waals surface area contributed by atoms with E-state index in [4.69, 9.17) is 0 Å². The SMILES string of the molecule is CCCCc1cc(C(F)(F)F)cc(=O)n1Cc1ccc(-c2ccccc2C2=N[NH+]([O-])N=N2)cc1. The van der Waals surface area contributed by atoms with E-state index in [1.807, 2.05) is 49.4 Å². The standard InChI is InChI=1S/C24H22F3N5O2/c1-2-3-6-19-13-18(24(25,26)27)14-22(33)31(19)15-16-9-11-17(12-10-16)20-7-4-5-8-21(20)23-28-30-32(34)29-23/h4-5,7-14,32H,2-3,6,15H2,1H3. The van der Waals surface area contributed by atoms with E-state index in [0.29, 0.717) is 30.2 Å². The van der Waals surface area contributed by atoms with Crippen molar-refractivity contribution < 1.29 is 18.5 Å². The average Bonchev–Trinajstić information content (AvgIpc) is 3.25. The summed E-state index contributed by atoms with van der Waals surface area (Å²) in [5.74, 6) is 0.238. The first-order valence-electron chi connectivity index (χ1n) is 10.8. The highest BCUT2D eigenvalue weighted by Crippen LogP contribution is 2.29. The van der Waals surface area contributed by atoms with Gasteiger partial charge in [0.25, 0.3) is 5.56 Å². The van der Waals surface area contributed by atoms with Crippen LogP contribution in [0.1, 0.15) is 42.1 Å². The van der Waals surface area contributed by atoms with Crippen LogP contribution in [0.2, 0.25) is 0 Å². The lowest BCUT2D eigenvalue weighted by atomic mass is 9.98. The second kappa shape index (κ2) is 9.70. The highest BCUT2D eigenvalue weighted by atomic mass is 19.4. The van der Waals surface area contributed by atoms with E-state index in [-0.39, 0.29) is 12.4 Å². The number of amidine groups is 1. The molecule has 0 aliphatic carbocycles. The summed E-state index contributed by atoms with van der Waals surface area (Å²) in [5.41, 5.74) is 1.84. The molecule has 1 aliphatic rings. The number of hydrogen-bond donors (Lipinski definition) is 1. The van der Waals surface area contributed by atoms with Crippen molar-refractivity contribution in [1.82, 2.24) is 4.57 Å². The van der Waals surface area contributed by atoms with Gasteiger partial charge in [0.2, 0.25) is 5.84 Å². The summed E-state index contributed by atoms with van der Waals surface area (Å²) in [4.78, 5) is 12.6. The molecule has 0 amide bonds. The van der Waals surface area contributed by atoms with Crippen molar-refractivity contribution in [2.75, 3.05) is 0 Å². The second-order valence-corrected chi connectivity index (χ2v) is 7.92. The minimum Gasteiger partial charge on any atom is -0.577 e. The first-order valence-corrected chi connectivity index (χ1v) is 10.8. The van der Waals surface area contributed by atoms with Gasteiger partial charge >= 0.3 is 6.18 Å². The van der Waals surface area contributed by atoms with Crippen LogP contribution in [0.4, 0.5) is 13.2 Å². The van der Waals surface area contributed by atoms with Crippen molar-refractivity contribution in [3.05, 3.63) is 98.6 Å². The Labute approximate surface area is 193 Å². The van der Waals surface area contributed by atoms with Crippen LogP contribution in [0.3, 0.4) is 0 Å². The van der Waals surface area contributed by atoms with Crippen LogP contribution in [0.5, 0.6) is 0 Å². The Morgan fingerprint density at radius 1 is 1.03 bits per heavy atom. The van der Waals surface area contributed by atoms with Gasteiger partial charge in [0.05, 0.1) is 17.3 Å². The third kappa shape index (κ3) is 5.13. The maximum absolute atomic E-state index is 13.2. The molecule has 7 nitrogen and oxygen atoms in total. The van der Waals surface area contributed by atoms with E-state index in [1.165, 1.54) is 4.57 Å². The van der Waals surface area contributed by atoms with Gasteiger partial charge in [-0.15, -0.1) is 0 Å². The summed E-state index contributed by atoms with van der Waals surface area (Å²) >= 11 is 0. The van der Waals surface area contributed by atoms with Gasteiger partial charge in [0.1, 0.15) is 0 Å². The maximum atomic E-state index is 13.2. The fraction of sp³-hybridized carbons (Fsp3) is 0.250. The van der Waals surface area contributed by atoms with Crippen molar-refractivity contribution in [3.8, 4) is 11.1 Å². The number of halogens is 3. The number of pyridine rings is 1. The van der Waals surface area contributed by atoms with Gasteiger partial charge in [-0.2, -0.15) is 13.2 Å². The van der Waals surface area contributed by atoms with Crippen LogP contribution in [0.25, 0.3) is 11.1 Å². The van der Waals surface area contributed by atoms with Gasteiger partial charge in [-0.05, 0) is 40.7 Å². The van der Waals surface area contributed by atoms with E-state index in [1.54, 1.807) is 6.07 Å². The third-order valence-electron chi connectivity index (χ3n) is 5.53. The Kier molecular flexibility index (Phi) is 6.71. The number of alkyl halides is 3. The molecule has 0 radical (unpaired) electrons. The molecule has 2 heterocycles. The molecule has 34 heavy (non-hydrogen) atoms. The minimum atomic E-state index is -4.57. The second-order valence-electron chi connectivity index (χ2n) is 7.92. The lowest BCUT2D eigenvalue weighted by Crippen LogP contribution is -2.95. The van der Waals surface area contributed by atoms with Crippen molar-refractivity contribution in [1.29, 1.82) is 0 Å². The van der Waals surface area contributed by atoms with E-state index >= 15 is 0 Å². The van der Waals surface area contributed by atoms with E-state index in [9.17, 15) is 23.2 Å². The number of benzene rings is 2. The topological polar surface area (TPSA) is 86.6 Å². The van der Waals surface area contributed by atoms with Crippen LogP contribution >= 0.6 is 0 Å². The fourth-order valence-electron chi connectivity index (χ4n) is 3.80. The number of hydrogen-bond acceptors (Lipinski definition) is 5. The molecule has 10 heteroatoms. The van der Waals surface area contributed by atoms with Gasteiger partial charge < -0.3 is 9.77 Å². The number of nitrogens with one attached hydrogen (secondary N) is 1. The summed E-state index contributed by atoms with van der Waals surface area (Å²) in [6.45, 7) is 2.11. The molecule has 1 aliphatic heterocycles. The van der Waals surface area contributed by atoms with Crippen molar-refractivity contribution >= 4 is 5.84 Å². The Balaban J connectivity index is 1.64. The lowest BCUT2D eigenvalue weighted by Gasteiger charge is -2.16. The van der Waals surface area contributed by atoms with Crippen LogP contribution in [0, 0.1) is 5.21 Å². The van der Waals surface area contributed by atoms with E-state index in [0.717, 1.165) is 29.2 Å². The Bertz CT molecular complexity index is 1300. The molecule has 4 rings (SSSR count). The number of nitrogens with zero attached hydrogens (tertiary/aromatic N) is 4. The third-order valence-corrected chi connectivity index (χ3v) is 5.53. The summed E-state index contributed by atoms with van der Waals surface area (Å²) in [6, 6.07) is 16.4. The molecule has 0 fully saturated rings. The molecule has 1 unspecified atom stereocenters. The van der Waals surface area contributed by atoms with Crippen LogP contribution in [0.15, 0.2) is 80.9 Å². The van der Waals surface area contributed by atoms with Crippen molar-refractivity contribution in [2.24, 2.45) is 15.4 Å². The zero-order chi connectivity index (χ0) is 24.3. The van der Waals surface area contributed by atoms with E-state index < -0.39 is 22.6 Å². The smallest absolute Gasteiger partial charge is 0.416 e. The number of aromatic nitrogens is 1. The van der Waals surface area contributed by atoms with E-state index in [2.05, 4.69) is 15.4 Å². The van der Waals surface area contributed by atoms with Crippen LogP contribution in [-0.4, -0.2) is 10.4 Å². The fourth-order valence-corrected chi connectivity index (χ4v) is 3.80. The first kappa shape index (κ1) is 23.5. The Morgan fingerprint density at radius 3 is 2.35 bits per heavy atom. The van der Waals surface area contributed by atoms with Gasteiger partial charge in [-0.1, -0.05) is 72.3 Å². The number of quaternary nitrogens is 1. The quantitative estimate of drug-likeness (QED) is 0.522. The molecule has 0 bridgehead atoms. The molecule has 176 valence electrons. The molecule has 1 atom stereocenters. The predicted octanol–water partition coefficient (Wildman–Crippen LogP) is 4.35. The molecule has 0 spiro atoms. The van der Waals surface area contributed by atoms with Crippen molar-refractivity contribution in [2.45, 2.75) is 38.9 Å². The van der Waals surface area contributed by atoms with Crippen LogP contribution in [-0.2, 0) is 19.1 Å². The molecule has 0 saturated carbocycles. The Hall–Kier alpha value is -3.63. The lowest BCUT2D eigenvalue weighted by molar-refractivity contribution is -0.863. The van der Waals surface area contributed by atoms with Crippen molar-refractivity contribution in [3.63, 3.8) is 0 Å². The summed E-state index contributed by atoms with van der Waals surface area (Å²) < 4.78 is 41.0. The molecular weight excluding hydrogens is 447 g/mol. The summed E-state index contributed by atoms with van der Waals surface area (Å²) in [5, 5.41) is 21.8. The predicted molar refractivity (Wildman–Crippen MR) is 121 cm³/mol. The Morgan fingerprint density at radius 2 is 1.74 bits per heavy atom.